The second-order valence-electron chi connectivity index (χ2n) is 5.00. The Bertz CT molecular complexity index is 419. The standard InChI is InChI=1S/C14H20N2O2S/c1-15(9-13-6-4-8-19-13)14(18)10-16-7-3-2-5-12(16)11-17/h4,6,8,11-12H,2-3,5,7,9-10H2,1H3. The summed E-state index contributed by atoms with van der Waals surface area (Å²) in [5.74, 6) is 0.0853. The van der Waals surface area contributed by atoms with Crippen LogP contribution in [-0.2, 0) is 16.1 Å². The first-order valence-corrected chi connectivity index (χ1v) is 7.54. The Labute approximate surface area is 118 Å². The molecular formula is C14H20N2O2S. The minimum absolute atomic E-state index is 0.0761. The highest BCUT2D eigenvalue weighted by atomic mass is 32.1. The summed E-state index contributed by atoms with van der Waals surface area (Å²) >= 11 is 1.66. The highest BCUT2D eigenvalue weighted by Crippen LogP contribution is 2.16. The molecule has 1 aromatic rings. The number of carbonyl (C=O) groups is 2. The average Bonchev–Trinajstić information content (AvgIpc) is 2.92. The number of aldehydes is 1. The van der Waals surface area contributed by atoms with Crippen molar-refractivity contribution in [1.29, 1.82) is 0 Å². The number of hydrogen-bond donors (Lipinski definition) is 0. The van der Waals surface area contributed by atoms with Gasteiger partial charge in [-0.25, -0.2) is 0 Å². The maximum Gasteiger partial charge on any atom is 0.236 e. The van der Waals surface area contributed by atoms with Crippen LogP contribution >= 0.6 is 11.3 Å². The Morgan fingerprint density at radius 3 is 3.11 bits per heavy atom. The van der Waals surface area contributed by atoms with Gasteiger partial charge in [0.15, 0.2) is 0 Å². The zero-order valence-corrected chi connectivity index (χ0v) is 12.1. The third-order valence-corrected chi connectivity index (χ3v) is 4.42. The van der Waals surface area contributed by atoms with Crippen LogP contribution in [0.1, 0.15) is 24.1 Å². The van der Waals surface area contributed by atoms with Gasteiger partial charge in [0, 0.05) is 11.9 Å². The van der Waals surface area contributed by atoms with Gasteiger partial charge in [-0.3, -0.25) is 9.69 Å². The van der Waals surface area contributed by atoms with Crippen molar-refractivity contribution in [2.45, 2.75) is 31.8 Å². The number of thiophene rings is 1. The number of rotatable bonds is 5. The van der Waals surface area contributed by atoms with Gasteiger partial charge >= 0.3 is 0 Å². The fourth-order valence-electron chi connectivity index (χ4n) is 2.39. The summed E-state index contributed by atoms with van der Waals surface area (Å²) in [4.78, 5) is 28.1. The molecule has 0 saturated carbocycles. The van der Waals surface area contributed by atoms with Gasteiger partial charge in [0.05, 0.1) is 19.1 Å². The number of hydrogen-bond acceptors (Lipinski definition) is 4. The van der Waals surface area contributed by atoms with E-state index in [2.05, 4.69) is 0 Å². The normalized spacial score (nSPS) is 20.2. The number of likely N-dealkylation sites (tertiary alicyclic amines) is 1. The zero-order valence-electron chi connectivity index (χ0n) is 11.2. The predicted molar refractivity (Wildman–Crippen MR) is 76.1 cm³/mol. The molecule has 1 aromatic heterocycles. The molecule has 0 aromatic carbocycles. The number of carbonyl (C=O) groups excluding carboxylic acids is 2. The number of nitrogens with zero attached hydrogens (tertiary/aromatic N) is 2. The third-order valence-electron chi connectivity index (χ3n) is 3.56. The predicted octanol–water partition coefficient (Wildman–Crippen LogP) is 1.76. The fraction of sp³-hybridized carbons (Fsp3) is 0.571. The average molecular weight is 280 g/mol. The number of amides is 1. The summed E-state index contributed by atoms with van der Waals surface area (Å²) in [5.41, 5.74) is 0. The molecule has 1 fully saturated rings. The van der Waals surface area contributed by atoms with Gasteiger partial charge in [-0.2, -0.15) is 0 Å². The van der Waals surface area contributed by atoms with Crippen molar-refractivity contribution in [2.24, 2.45) is 0 Å². The summed E-state index contributed by atoms with van der Waals surface area (Å²) < 4.78 is 0. The van der Waals surface area contributed by atoms with Gasteiger partial charge in [0.1, 0.15) is 6.29 Å². The molecule has 5 heteroatoms. The molecule has 1 aliphatic heterocycles. The summed E-state index contributed by atoms with van der Waals surface area (Å²) in [6.07, 6.45) is 4.02. The van der Waals surface area contributed by atoms with E-state index in [9.17, 15) is 9.59 Å². The van der Waals surface area contributed by atoms with Gasteiger partial charge in [-0.15, -0.1) is 11.3 Å². The molecule has 0 aliphatic carbocycles. The van der Waals surface area contributed by atoms with Crippen LogP contribution in [0.3, 0.4) is 0 Å². The second-order valence-corrected chi connectivity index (χ2v) is 6.03. The smallest absolute Gasteiger partial charge is 0.236 e. The Balaban J connectivity index is 1.87. The lowest BCUT2D eigenvalue weighted by atomic mass is 10.0. The SMILES string of the molecule is CN(Cc1cccs1)C(=O)CN1CCCCC1C=O. The van der Waals surface area contributed by atoms with Crippen LogP contribution < -0.4 is 0 Å². The van der Waals surface area contributed by atoms with E-state index in [1.165, 1.54) is 4.88 Å². The lowest BCUT2D eigenvalue weighted by Gasteiger charge is -2.32. The number of likely N-dealkylation sites (N-methyl/N-ethyl adjacent to an activating group) is 1. The first-order chi connectivity index (χ1) is 9.20. The van der Waals surface area contributed by atoms with Gasteiger partial charge in [-0.05, 0) is 30.8 Å². The van der Waals surface area contributed by atoms with Crippen molar-refractivity contribution in [3.05, 3.63) is 22.4 Å². The van der Waals surface area contributed by atoms with E-state index in [1.54, 1.807) is 16.2 Å². The highest BCUT2D eigenvalue weighted by molar-refractivity contribution is 7.09. The van der Waals surface area contributed by atoms with Crippen LogP contribution in [0, 0.1) is 0 Å². The molecule has 2 rings (SSSR count). The Kier molecular flexibility index (Phi) is 5.10. The second kappa shape index (κ2) is 6.82. The van der Waals surface area contributed by atoms with Gasteiger partial charge in [-0.1, -0.05) is 12.5 Å². The van der Waals surface area contributed by atoms with E-state index >= 15 is 0 Å². The summed E-state index contributed by atoms with van der Waals surface area (Å²) in [6, 6.07) is 3.95. The monoisotopic (exact) mass is 280 g/mol. The van der Waals surface area contributed by atoms with E-state index in [-0.39, 0.29) is 11.9 Å². The van der Waals surface area contributed by atoms with Crippen molar-refractivity contribution in [1.82, 2.24) is 9.80 Å². The maximum absolute atomic E-state index is 12.2. The first kappa shape index (κ1) is 14.2. The summed E-state index contributed by atoms with van der Waals surface area (Å²) in [6.45, 7) is 1.85. The van der Waals surface area contributed by atoms with Crippen molar-refractivity contribution in [3.8, 4) is 0 Å². The summed E-state index contributed by atoms with van der Waals surface area (Å²) in [7, 11) is 1.82. The third kappa shape index (κ3) is 3.88. The molecule has 19 heavy (non-hydrogen) atoms. The van der Waals surface area contributed by atoms with E-state index in [0.29, 0.717) is 13.1 Å². The topological polar surface area (TPSA) is 40.6 Å². The first-order valence-electron chi connectivity index (χ1n) is 6.66. The van der Waals surface area contributed by atoms with Gasteiger partial charge < -0.3 is 9.69 Å². The molecule has 0 bridgehead atoms. The van der Waals surface area contributed by atoms with Crippen LogP contribution in [-0.4, -0.2) is 48.2 Å². The van der Waals surface area contributed by atoms with Crippen LogP contribution in [0.2, 0.25) is 0 Å². The Hall–Kier alpha value is -1.20. The van der Waals surface area contributed by atoms with Crippen LogP contribution in [0.15, 0.2) is 17.5 Å². The molecule has 4 nitrogen and oxygen atoms in total. The van der Waals surface area contributed by atoms with Crippen LogP contribution in [0.5, 0.6) is 0 Å². The van der Waals surface area contributed by atoms with Crippen LogP contribution in [0.4, 0.5) is 0 Å². The minimum Gasteiger partial charge on any atom is -0.340 e. The minimum atomic E-state index is -0.0761. The lowest BCUT2D eigenvalue weighted by Crippen LogP contribution is -2.46. The molecule has 1 amide bonds. The molecule has 2 heterocycles. The molecule has 1 saturated heterocycles. The molecule has 104 valence electrons. The molecule has 1 atom stereocenters. The van der Waals surface area contributed by atoms with Gasteiger partial charge in [0.2, 0.25) is 5.91 Å². The largest absolute Gasteiger partial charge is 0.340 e. The van der Waals surface area contributed by atoms with Crippen molar-refractivity contribution >= 4 is 23.5 Å². The zero-order chi connectivity index (χ0) is 13.7. The lowest BCUT2D eigenvalue weighted by molar-refractivity contribution is -0.133. The maximum atomic E-state index is 12.2. The Morgan fingerprint density at radius 2 is 2.42 bits per heavy atom. The molecular weight excluding hydrogens is 260 g/mol. The quantitative estimate of drug-likeness (QED) is 0.772. The van der Waals surface area contributed by atoms with Crippen molar-refractivity contribution < 1.29 is 9.59 Å². The molecule has 0 radical (unpaired) electrons. The van der Waals surface area contributed by atoms with E-state index in [4.69, 9.17) is 0 Å². The molecule has 0 spiro atoms. The van der Waals surface area contributed by atoms with Gasteiger partial charge in [0.25, 0.3) is 0 Å². The fourth-order valence-corrected chi connectivity index (χ4v) is 3.14. The van der Waals surface area contributed by atoms with Crippen molar-refractivity contribution in [2.75, 3.05) is 20.1 Å². The van der Waals surface area contributed by atoms with Crippen molar-refractivity contribution in [3.63, 3.8) is 0 Å². The Morgan fingerprint density at radius 1 is 1.58 bits per heavy atom. The molecule has 1 unspecified atom stereocenters. The number of piperidine rings is 1. The molecule has 0 N–H and O–H groups in total. The molecule has 1 aliphatic rings. The van der Waals surface area contributed by atoms with E-state index in [1.807, 2.05) is 29.5 Å². The van der Waals surface area contributed by atoms with E-state index < -0.39 is 0 Å². The van der Waals surface area contributed by atoms with E-state index in [0.717, 1.165) is 32.1 Å². The highest BCUT2D eigenvalue weighted by Gasteiger charge is 2.24. The summed E-state index contributed by atoms with van der Waals surface area (Å²) in [5, 5.41) is 2.01. The van der Waals surface area contributed by atoms with Crippen LogP contribution in [0.25, 0.3) is 0 Å².